The summed E-state index contributed by atoms with van der Waals surface area (Å²) in [6.45, 7) is 6.90. The highest BCUT2D eigenvalue weighted by Gasteiger charge is 2.45. The summed E-state index contributed by atoms with van der Waals surface area (Å²) < 4.78 is 10.7. The molecular weight excluding hydrogens is 166 g/mol. The number of hydrogen-bond donors (Lipinski definition) is 1. The maximum atomic E-state index is 5.37. The van der Waals surface area contributed by atoms with Crippen LogP contribution in [0.5, 0.6) is 0 Å². The predicted molar refractivity (Wildman–Crippen MR) is 50.5 cm³/mol. The minimum atomic E-state index is -0.00350. The van der Waals surface area contributed by atoms with Crippen LogP contribution in [0.2, 0.25) is 0 Å². The van der Waals surface area contributed by atoms with E-state index in [9.17, 15) is 0 Å². The molecule has 1 N–H and O–H groups in total. The minimum absolute atomic E-state index is 0.00350. The molecule has 0 radical (unpaired) electrons. The summed E-state index contributed by atoms with van der Waals surface area (Å²) in [6.07, 6.45) is 2.60. The summed E-state index contributed by atoms with van der Waals surface area (Å²) in [6, 6.07) is 0. The summed E-state index contributed by atoms with van der Waals surface area (Å²) in [5.74, 6) is 0.717. The molecule has 0 aromatic rings. The lowest BCUT2D eigenvalue weighted by molar-refractivity contribution is -0.0421. The number of nitrogens with one attached hydrogen (secondary N) is 1. The average molecular weight is 185 g/mol. The van der Waals surface area contributed by atoms with Crippen molar-refractivity contribution in [2.75, 3.05) is 19.8 Å². The molecule has 0 unspecified atom stereocenters. The van der Waals surface area contributed by atoms with E-state index in [0.29, 0.717) is 11.5 Å². The smallest absolute Gasteiger partial charge is 0.170 e. The van der Waals surface area contributed by atoms with E-state index >= 15 is 0 Å². The van der Waals surface area contributed by atoms with Gasteiger partial charge >= 0.3 is 0 Å². The fourth-order valence-corrected chi connectivity index (χ4v) is 1.90. The molecule has 3 heteroatoms. The molecule has 1 saturated carbocycles. The molecule has 0 bridgehead atoms. The molecule has 1 saturated heterocycles. The molecule has 2 aliphatic rings. The second-order valence-corrected chi connectivity index (χ2v) is 4.36. The second-order valence-electron chi connectivity index (χ2n) is 4.36. The van der Waals surface area contributed by atoms with Gasteiger partial charge in [-0.1, -0.05) is 13.8 Å². The van der Waals surface area contributed by atoms with Gasteiger partial charge in [-0.05, 0) is 18.8 Å². The Kier molecular flexibility index (Phi) is 2.58. The van der Waals surface area contributed by atoms with E-state index in [1.165, 1.54) is 12.8 Å². The Balaban J connectivity index is 1.72. The molecule has 1 aliphatic heterocycles. The normalized spacial score (nSPS) is 27.0. The van der Waals surface area contributed by atoms with Crippen molar-refractivity contribution in [2.45, 2.75) is 38.5 Å². The lowest BCUT2D eigenvalue weighted by Gasteiger charge is -2.22. The summed E-state index contributed by atoms with van der Waals surface area (Å²) >= 11 is 0. The fraction of sp³-hybridized carbons (Fsp3) is 1.00. The van der Waals surface area contributed by atoms with Crippen LogP contribution in [0.15, 0.2) is 0 Å². The summed E-state index contributed by atoms with van der Waals surface area (Å²) in [5, 5.41) is 3.56. The molecule has 13 heavy (non-hydrogen) atoms. The Bertz CT molecular complexity index is 172. The van der Waals surface area contributed by atoms with Crippen molar-refractivity contribution < 1.29 is 9.47 Å². The zero-order chi connectivity index (χ0) is 9.31. The first-order valence-electron chi connectivity index (χ1n) is 5.21. The van der Waals surface area contributed by atoms with Gasteiger partial charge in [0, 0.05) is 12.1 Å². The van der Waals surface area contributed by atoms with E-state index in [0.717, 1.165) is 19.8 Å². The van der Waals surface area contributed by atoms with Crippen LogP contribution >= 0.6 is 0 Å². The Morgan fingerprint density at radius 2 is 1.92 bits per heavy atom. The largest absolute Gasteiger partial charge is 0.349 e. The standard InChI is InChI=1S/C10H19NO2/c1-8(2)10(3-4-10)11-7-9-12-5-6-13-9/h8-9,11H,3-7H2,1-2H3. The van der Waals surface area contributed by atoms with Crippen LogP contribution < -0.4 is 5.32 Å². The van der Waals surface area contributed by atoms with Gasteiger partial charge in [-0.2, -0.15) is 0 Å². The van der Waals surface area contributed by atoms with Crippen LogP contribution in [0.25, 0.3) is 0 Å². The van der Waals surface area contributed by atoms with E-state index in [-0.39, 0.29) is 6.29 Å². The third-order valence-electron chi connectivity index (χ3n) is 3.21. The maximum absolute atomic E-state index is 5.37. The molecular formula is C10H19NO2. The topological polar surface area (TPSA) is 30.5 Å². The van der Waals surface area contributed by atoms with Crippen molar-refractivity contribution in [3.8, 4) is 0 Å². The number of hydrogen-bond acceptors (Lipinski definition) is 3. The zero-order valence-electron chi connectivity index (χ0n) is 8.51. The maximum Gasteiger partial charge on any atom is 0.170 e. The van der Waals surface area contributed by atoms with Gasteiger partial charge in [0.25, 0.3) is 0 Å². The Morgan fingerprint density at radius 1 is 1.31 bits per heavy atom. The molecule has 2 rings (SSSR count). The van der Waals surface area contributed by atoms with Gasteiger partial charge in [0.1, 0.15) is 0 Å². The first-order chi connectivity index (χ1) is 6.23. The quantitative estimate of drug-likeness (QED) is 0.712. The van der Waals surface area contributed by atoms with E-state index in [2.05, 4.69) is 19.2 Å². The van der Waals surface area contributed by atoms with E-state index < -0.39 is 0 Å². The molecule has 0 aromatic carbocycles. The van der Waals surface area contributed by atoms with Crippen molar-refractivity contribution in [3.63, 3.8) is 0 Å². The van der Waals surface area contributed by atoms with Crippen LogP contribution in [0.3, 0.4) is 0 Å². The molecule has 1 heterocycles. The van der Waals surface area contributed by atoms with E-state index in [1.54, 1.807) is 0 Å². The summed E-state index contributed by atoms with van der Waals surface area (Å²) in [7, 11) is 0. The predicted octanol–water partition coefficient (Wildman–Crippen LogP) is 1.14. The van der Waals surface area contributed by atoms with E-state index in [4.69, 9.17) is 9.47 Å². The van der Waals surface area contributed by atoms with Gasteiger partial charge in [0.15, 0.2) is 6.29 Å². The van der Waals surface area contributed by atoms with Crippen molar-refractivity contribution in [1.82, 2.24) is 5.32 Å². The molecule has 0 amide bonds. The summed E-state index contributed by atoms with van der Waals surface area (Å²) in [4.78, 5) is 0. The lowest BCUT2D eigenvalue weighted by atomic mass is 10.0. The third-order valence-corrected chi connectivity index (χ3v) is 3.21. The van der Waals surface area contributed by atoms with Crippen LogP contribution in [0.1, 0.15) is 26.7 Å². The Hall–Kier alpha value is -0.120. The lowest BCUT2D eigenvalue weighted by Crippen LogP contribution is -2.41. The SMILES string of the molecule is CC(C)C1(NCC2OCCO2)CC1. The first-order valence-corrected chi connectivity index (χ1v) is 5.21. The van der Waals surface area contributed by atoms with Gasteiger partial charge in [-0.25, -0.2) is 0 Å². The third kappa shape index (κ3) is 2.03. The highest BCUT2D eigenvalue weighted by molar-refractivity contribution is 5.04. The molecule has 3 nitrogen and oxygen atoms in total. The van der Waals surface area contributed by atoms with Crippen LogP contribution in [0, 0.1) is 5.92 Å². The Labute approximate surface area is 79.8 Å². The zero-order valence-corrected chi connectivity index (χ0v) is 8.51. The molecule has 0 atom stereocenters. The first kappa shape index (κ1) is 9.44. The highest BCUT2D eigenvalue weighted by Crippen LogP contribution is 2.41. The Morgan fingerprint density at radius 3 is 2.38 bits per heavy atom. The summed E-state index contributed by atoms with van der Waals surface area (Å²) in [5.41, 5.74) is 0.398. The van der Waals surface area contributed by atoms with Gasteiger partial charge in [-0.3, -0.25) is 0 Å². The van der Waals surface area contributed by atoms with Gasteiger partial charge in [0.05, 0.1) is 13.2 Å². The molecule has 0 aromatic heterocycles. The monoisotopic (exact) mass is 185 g/mol. The van der Waals surface area contributed by atoms with Gasteiger partial charge in [-0.15, -0.1) is 0 Å². The van der Waals surface area contributed by atoms with Crippen molar-refractivity contribution in [2.24, 2.45) is 5.92 Å². The van der Waals surface area contributed by atoms with Gasteiger partial charge in [0.2, 0.25) is 0 Å². The molecule has 0 spiro atoms. The highest BCUT2D eigenvalue weighted by atomic mass is 16.7. The van der Waals surface area contributed by atoms with E-state index in [1.807, 2.05) is 0 Å². The van der Waals surface area contributed by atoms with Crippen LogP contribution in [0.4, 0.5) is 0 Å². The molecule has 2 fully saturated rings. The van der Waals surface area contributed by atoms with Crippen molar-refractivity contribution in [3.05, 3.63) is 0 Å². The molecule has 1 aliphatic carbocycles. The van der Waals surface area contributed by atoms with Crippen molar-refractivity contribution >= 4 is 0 Å². The number of rotatable bonds is 4. The fourth-order valence-electron chi connectivity index (χ4n) is 1.90. The second kappa shape index (κ2) is 3.56. The molecule has 76 valence electrons. The van der Waals surface area contributed by atoms with Gasteiger partial charge < -0.3 is 14.8 Å². The minimum Gasteiger partial charge on any atom is -0.349 e. The van der Waals surface area contributed by atoms with Crippen LogP contribution in [-0.2, 0) is 9.47 Å². The van der Waals surface area contributed by atoms with Crippen molar-refractivity contribution in [1.29, 1.82) is 0 Å². The number of ether oxygens (including phenoxy) is 2. The average Bonchev–Trinajstić information content (AvgIpc) is 2.73. The van der Waals surface area contributed by atoms with Crippen LogP contribution in [-0.4, -0.2) is 31.6 Å².